The molecule has 1 unspecified atom stereocenters. The van der Waals surface area contributed by atoms with Gasteiger partial charge in [0.05, 0.1) is 12.8 Å². The third-order valence-electron chi connectivity index (χ3n) is 1.91. The summed E-state index contributed by atoms with van der Waals surface area (Å²) in [5.41, 5.74) is 2.01. The second-order valence-corrected chi connectivity index (χ2v) is 3.54. The first-order chi connectivity index (χ1) is 8.38. The van der Waals surface area contributed by atoms with E-state index in [4.69, 9.17) is 4.42 Å². The standard InChI is InChI=1S/C10H13F3N2O3/c1-7(15-18-6-10(11,12)13)9(16)14-5-8-3-2-4-17-8/h2-4,7,15H,5-6H2,1H3,(H,14,16). The molecule has 0 bridgehead atoms. The molecule has 0 aliphatic rings. The molecule has 0 aliphatic heterocycles. The Labute approximate surface area is 101 Å². The summed E-state index contributed by atoms with van der Waals surface area (Å²) in [5, 5.41) is 2.48. The van der Waals surface area contributed by atoms with Crippen LogP contribution in [0, 0.1) is 0 Å². The fraction of sp³-hybridized carbons (Fsp3) is 0.500. The number of hydrogen-bond acceptors (Lipinski definition) is 4. The minimum atomic E-state index is -4.43. The van der Waals surface area contributed by atoms with E-state index in [1.807, 2.05) is 5.48 Å². The summed E-state index contributed by atoms with van der Waals surface area (Å²) >= 11 is 0. The minimum Gasteiger partial charge on any atom is -0.467 e. The maximum absolute atomic E-state index is 11.8. The SMILES string of the molecule is CC(NOCC(F)(F)F)C(=O)NCc1ccco1. The highest BCUT2D eigenvalue weighted by Crippen LogP contribution is 2.13. The highest BCUT2D eigenvalue weighted by atomic mass is 19.4. The molecule has 8 heteroatoms. The van der Waals surface area contributed by atoms with Crippen LogP contribution in [0.25, 0.3) is 0 Å². The second-order valence-electron chi connectivity index (χ2n) is 3.54. The molecule has 18 heavy (non-hydrogen) atoms. The molecule has 0 aliphatic carbocycles. The highest BCUT2D eigenvalue weighted by molar-refractivity contribution is 5.80. The van der Waals surface area contributed by atoms with Crippen molar-refractivity contribution in [1.82, 2.24) is 10.8 Å². The van der Waals surface area contributed by atoms with Gasteiger partial charge in [-0.3, -0.25) is 9.63 Å². The van der Waals surface area contributed by atoms with Gasteiger partial charge in [0.15, 0.2) is 6.61 Å². The smallest absolute Gasteiger partial charge is 0.413 e. The number of rotatable bonds is 6. The van der Waals surface area contributed by atoms with E-state index in [1.165, 1.54) is 13.2 Å². The average molecular weight is 266 g/mol. The number of nitrogens with one attached hydrogen (secondary N) is 2. The van der Waals surface area contributed by atoms with Gasteiger partial charge in [0.25, 0.3) is 0 Å². The topological polar surface area (TPSA) is 63.5 Å². The lowest BCUT2D eigenvalue weighted by molar-refractivity contribution is -0.193. The van der Waals surface area contributed by atoms with E-state index < -0.39 is 24.7 Å². The second kappa shape index (κ2) is 6.41. The number of carbonyl (C=O) groups is 1. The van der Waals surface area contributed by atoms with Crippen molar-refractivity contribution in [1.29, 1.82) is 0 Å². The van der Waals surface area contributed by atoms with Crippen molar-refractivity contribution >= 4 is 5.91 Å². The zero-order valence-corrected chi connectivity index (χ0v) is 9.58. The fourth-order valence-corrected chi connectivity index (χ4v) is 1.04. The van der Waals surface area contributed by atoms with Gasteiger partial charge in [0.2, 0.25) is 5.91 Å². The quantitative estimate of drug-likeness (QED) is 0.763. The molecule has 5 nitrogen and oxygen atoms in total. The number of hydroxylamine groups is 1. The van der Waals surface area contributed by atoms with Crippen LogP contribution < -0.4 is 10.8 Å². The monoisotopic (exact) mass is 266 g/mol. The number of furan rings is 1. The number of carbonyl (C=O) groups excluding carboxylic acids is 1. The van der Waals surface area contributed by atoms with Gasteiger partial charge in [-0.1, -0.05) is 0 Å². The molecule has 0 radical (unpaired) electrons. The third kappa shape index (κ3) is 5.69. The lowest BCUT2D eigenvalue weighted by Gasteiger charge is -2.14. The first-order valence-electron chi connectivity index (χ1n) is 5.12. The molecule has 0 aromatic carbocycles. The van der Waals surface area contributed by atoms with Crippen molar-refractivity contribution in [3.63, 3.8) is 0 Å². The fourth-order valence-electron chi connectivity index (χ4n) is 1.04. The Morgan fingerprint density at radius 1 is 1.56 bits per heavy atom. The Bertz CT molecular complexity index is 365. The van der Waals surface area contributed by atoms with E-state index in [2.05, 4.69) is 10.2 Å². The Morgan fingerprint density at radius 2 is 2.28 bits per heavy atom. The van der Waals surface area contributed by atoms with Crippen LogP contribution in [0.15, 0.2) is 22.8 Å². The summed E-state index contributed by atoms with van der Waals surface area (Å²) in [4.78, 5) is 15.6. The van der Waals surface area contributed by atoms with Gasteiger partial charge in [-0.2, -0.15) is 18.7 Å². The van der Waals surface area contributed by atoms with E-state index in [-0.39, 0.29) is 6.54 Å². The predicted molar refractivity (Wildman–Crippen MR) is 55.2 cm³/mol. The Morgan fingerprint density at radius 3 is 2.83 bits per heavy atom. The molecular weight excluding hydrogens is 253 g/mol. The summed E-state index contributed by atoms with van der Waals surface area (Å²) < 4.78 is 40.3. The summed E-state index contributed by atoms with van der Waals surface area (Å²) in [7, 11) is 0. The molecule has 1 rings (SSSR count). The molecule has 1 aromatic rings. The predicted octanol–water partition coefficient (Wildman–Crippen LogP) is 1.37. The minimum absolute atomic E-state index is 0.164. The molecular formula is C10H13F3N2O3. The largest absolute Gasteiger partial charge is 0.467 e. The third-order valence-corrected chi connectivity index (χ3v) is 1.91. The summed E-state index contributed by atoms with van der Waals surface area (Å²) in [6, 6.07) is 2.43. The van der Waals surface area contributed by atoms with Gasteiger partial charge < -0.3 is 9.73 Å². The van der Waals surface area contributed by atoms with Gasteiger partial charge in [0.1, 0.15) is 11.8 Å². The van der Waals surface area contributed by atoms with Crippen molar-refractivity contribution in [2.45, 2.75) is 25.7 Å². The van der Waals surface area contributed by atoms with Crippen LogP contribution in [-0.4, -0.2) is 24.7 Å². The number of amides is 1. The molecule has 2 N–H and O–H groups in total. The lowest BCUT2D eigenvalue weighted by atomic mass is 10.3. The first-order valence-corrected chi connectivity index (χ1v) is 5.12. The molecule has 0 spiro atoms. The normalized spacial score (nSPS) is 13.3. The van der Waals surface area contributed by atoms with Crippen LogP contribution in [0.5, 0.6) is 0 Å². The molecule has 1 heterocycles. The van der Waals surface area contributed by atoms with E-state index in [0.717, 1.165) is 0 Å². The number of hydrogen-bond donors (Lipinski definition) is 2. The van der Waals surface area contributed by atoms with Crippen molar-refractivity contribution in [3.8, 4) is 0 Å². The zero-order valence-electron chi connectivity index (χ0n) is 9.58. The van der Waals surface area contributed by atoms with Gasteiger partial charge in [-0.05, 0) is 19.1 Å². The van der Waals surface area contributed by atoms with Gasteiger partial charge in [0, 0.05) is 0 Å². The zero-order chi connectivity index (χ0) is 13.6. The lowest BCUT2D eigenvalue weighted by Crippen LogP contribution is -2.42. The first kappa shape index (κ1) is 14.5. The van der Waals surface area contributed by atoms with E-state index in [1.54, 1.807) is 12.1 Å². The Balaban J connectivity index is 2.20. The van der Waals surface area contributed by atoms with Crippen LogP contribution in [-0.2, 0) is 16.2 Å². The average Bonchev–Trinajstić information content (AvgIpc) is 2.76. The van der Waals surface area contributed by atoms with E-state index in [9.17, 15) is 18.0 Å². The van der Waals surface area contributed by atoms with Crippen molar-refractivity contribution < 1.29 is 27.2 Å². The molecule has 102 valence electrons. The van der Waals surface area contributed by atoms with E-state index in [0.29, 0.717) is 5.76 Å². The maximum Gasteiger partial charge on any atom is 0.413 e. The summed E-state index contributed by atoms with van der Waals surface area (Å²) in [5.74, 6) is 0.0559. The van der Waals surface area contributed by atoms with Crippen LogP contribution in [0.4, 0.5) is 13.2 Å². The van der Waals surface area contributed by atoms with Crippen molar-refractivity contribution in [2.24, 2.45) is 0 Å². The number of alkyl halides is 3. The molecule has 0 saturated carbocycles. The van der Waals surface area contributed by atoms with Crippen molar-refractivity contribution in [2.75, 3.05) is 6.61 Å². The van der Waals surface area contributed by atoms with Crippen LogP contribution in [0.2, 0.25) is 0 Å². The van der Waals surface area contributed by atoms with Gasteiger partial charge in [-0.15, -0.1) is 0 Å². The van der Waals surface area contributed by atoms with Gasteiger partial charge in [-0.25, -0.2) is 0 Å². The van der Waals surface area contributed by atoms with Crippen molar-refractivity contribution in [3.05, 3.63) is 24.2 Å². The molecule has 1 aromatic heterocycles. The van der Waals surface area contributed by atoms with Crippen LogP contribution in [0.1, 0.15) is 12.7 Å². The maximum atomic E-state index is 11.8. The van der Waals surface area contributed by atoms with Gasteiger partial charge >= 0.3 is 6.18 Å². The number of halogens is 3. The molecule has 1 amide bonds. The summed E-state index contributed by atoms with van der Waals surface area (Å²) in [6.07, 6.45) is -2.98. The Kier molecular flexibility index (Phi) is 5.17. The Hall–Kier alpha value is -1.54. The van der Waals surface area contributed by atoms with Crippen LogP contribution >= 0.6 is 0 Å². The highest BCUT2D eigenvalue weighted by Gasteiger charge is 2.28. The van der Waals surface area contributed by atoms with E-state index >= 15 is 0 Å². The molecule has 0 fully saturated rings. The van der Waals surface area contributed by atoms with Crippen LogP contribution in [0.3, 0.4) is 0 Å². The molecule has 0 saturated heterocycles. The summed E-state index contributed by atoms with van der Waals surface area (Å²) in [6.45, 7) is 0.0910. The molecule has 1 atom stereocenters.